The Morgan fingerprint density at radius 1 is 1.06 bits per heavy atom. The molecule has 1 unspecified atom stereocenters. The van der Waals surface area contributed by atoms with E-state index in [2.05, 4.69) is 20.0 Å². The van der Waals surface area contributed by atoms with Crippen LogP contribution >= 0.6 is 0 Å². The molecule has 2 aromatic carbocycles. The molecule has 3 saturated heterocycles. The summed E-state index contributed by atoms with van der Waals surface area (Å²) in [5.74, 6) is 0.982. The van der Waals surface area contributed by atoms with Crippen LogP contribution < -0.4 is 4.90 Å². The van der Waals surface area contributed by atoms with Gasteiger partial charge in [-0.05, 0) is 92.2 Å². The number of halogens is 3. The maximum absolute atomic E-state index is 14.5. The average Bonchev–Trinajstić information content (AvgIpc) is 3.60. The zero-order valence-corrected chi connectivity index (χ0v) is 26.7. The molecule has 12 heteroatoms. The van der Waals surface area contributed by atoms with E-state index in [1.165, 1.54) is 11.0 Å². The number of aldehydes is 1. The molecule has 0 N–H and O–H groups in total. The monoisotopic (exact) mass is 650 g/mol. The van der Waals surface area contributed by atoms with Crippen LogP contribution in [0.25, 0.3) is 0 Å². The molecule has 0 spiro atoms. The second-order valence-electron chi connectivity index (χ2n) is 13.9. The summed E-state index contributed by atoms with van der Waals surface area (Å²) in [6.07, 6.45) is 2.58. The largest absolute Gasteiger partial charge is 0.416 e. The maximum atomic E-state index is 14.5. The standard InChI is InChI=1S/C35H41F3N6O3/c1-41-23-39-40-32(41)15-34(21-47-22-34)27-5-2-6-28(14-27)44-19-30-29(33(44)46)12-26(13-31(30)35(36,37)38)18-43-9-3-4-25(17-43)16-42-10-7-24(20-45)8-11-42/h2,5-6,12-14,20,23-25H,3-4,7-11,15-19,21-22H2,1H3. The number of carbonyl (C=O) groups is 2. The highest BCUT2D eigenvalue weighted by Crippen LogP contribution is 2.42. The Morgan fingerprint density at radius 3 is 2.55 bits per heavy atom. The minimum Gasteiger partial charge on any atom is -0.379 e. The lowest BCUT2D eigenvalue weighted by molar-refractivity contribution is -0.138. The van der Waals surface area contributed by atoms with Crippen LogP contribution in [0.3, 0.4) is 0 Å². The van der Waals surface area contributed by atoms with Crippen molar-refractivity contribution in [2.75, 3.05) is 50.8 Å². The Morgan fingerprint density at radius 2 is 1.87 bits per heavy atom. The van der Waals surface area contributed by atoms with Gasteiger partial charge < -0.3 is 23.9 Å². The Balaban J connectivity index is 1.09. The highest BCUT2D eigenvalue weighted by Gasteiger charge is 2.44. The molecule has 4 aliphatic rings. The van der Waals surface area contributed by atoms with Gasteiger partial charge in [-0.25, -0.2) is 0 Å². The average molecular weight is 651 g/mol. The number of alkyl halides is 3. The number of aromatic nitrogens is 3. The first kappa shape index (κ1) is 32.0. The van der Waals surface area contributed by atoms with E-state index >= 15 is 0 Å². The van der Waals surface area contributed by atoms with Gasteiger partial charge in [0.15, 0.2) is 0 Å². The summed E-state index contributed by atoms with van der Waals surface area (Å²) in [5.41, 5.74) is 1.13. The van der Waals surface area contributed by atoms with E-state index in [-0.39, 0.29) is 29.0 Å². The molecular formula is C35H41F3N6O3. The number of piperidine rings is 2. The number of likely N-dealkylation sites (tertiary alicyclic amines) is 2. The summed E-state index contributed by atoms with van der Waals surface area (Å²) in [4.78, 5) is 31.1. The van der Waals surface area contributed by atoms with Gasteiger partial charge in [0.2, 0.25) is 0 Å². The third kappa shape index (κ3) is 6.47. The molecule has 3 fully saturated rings. The van der Waals surface area contributed by atoms with Gasteiger partial charge in [0.1, 0.15) is 18.4 Å². The van der Waals surface area contributed by atoms with Gasteiger partial charge in [0, 0.05) is 55.7 Å². The molecule has 0 saturated carbocycles. The van der Waals surface area contributed by atoms with E-state index < -0.39 is 17.6 Å². The van der Waals surface area contributed by atoms with Crippen molar-refractivity contribution in [2.45, 2.75) is 56.8 Å². The molecular weight excluding hydrogens is 609 g/mol. The van der Waals surface area contributed by atoms with Crippen molar-refractivity contribution in [1.29, 1.82) is 0 Å². The Labute approximate surface area is 272 Å². The van der Waals surface area contributed by atoms with E-state index in [9.17, 15) is 22.8 Å². The van der Waals surface area contributed by atoms with Gasteiger partial charge in [-0.15, -0.1) is 10.2 Å². The molecule has 5 heterocycles. The van der Waals surface area contributed by atoms with Crippen LogP contribution in [0, 0.1) is 11.8 Å². The first-order valence-electron chi connectivity index (χ1n) is 16.6. The number of hydrogen-bond acceptors (Lipinski definition) is 7. The smallest absolute Gasteiger partial charge is 0.379 e. The van der Waals surface area contributed by atoms with Crippen LogP contribution in [0.1, 0.15) is 64.1 Å². The number of rotatable bonds is 9. The fourth-order valence-electron chi connectivity index (χ4n) is 7.85. The van der Waals surface area contributed by atoms with E-state index in [1.54, 1.807) is 18.5 Å². The van der Waals surface area contributed by atoms with Gasteiger partial charge in [-0.3, -0.25) is 9.69 Å². The predicted octanol–water partition coefficient (Wildman–Crippen LogP) is 4.63. The Hall–Kier alpha value is -3.61. The number of amides is 1. The van der Waals surface area contributed by atoms with Crippen molar-refractivity contribution in [2.24, 2.45) is 18.9 Å². The summed E-state index contributed by atoms with van der Waals surface area (Å²) in [5, 5.41) is 8.22. The lowest BCUT2D eigenvalue weighted by Gasteiger charge is -2.42. The molecule has 1 aromatic heterocycles. The maximum Gasteiger partial charge on any atom is 0.416 e. The van der Waals surface area contributed by atoms with Gasteiger partial charge in [0.25, 0.3) is 5.91 Å². The van der Waals surface area contributed by atoms with Crippen LogP contribution in [0.15, 0.2) is 42.7 Å². The molecule has 0 bridgehead atoms. The lowest BCUT2D eigenvalue weighted by atomic mass is 9.75. The second kappa shape index (κ2) is 12.8. The number of benzene rings is 2. The van der Waals surface area contributed by atoms with Crippen LogP contribution in [0.5, 0.6) is 0 Å². The number of carbonyl (C=O) groups excluding carboxylic acids is 2. The van der Waals surface area contributed by atoms with Crippen LogP contribution in [0.2, 0.25) is 0 Å². The van der Waals surface area contributed by atoms with Crippen molar-refractivity contribution in [3.8, 4) is 0 Å². The van der Waals surface area contributed by atoms with Gasteiger partial charge in [-0.1, -0.05) is 12.1 Å². The summed E-state index contributed by atoms with van der Waals surface area (Å²) < 4.78 is 51.1. The number of nitrogens with zero attached hydrogens (tertiary/aromatic N) is 6. The third-order valence-corrected chi connectivity index (χ3v) is 10.6. The first-order chi connectivity index (χ1) is 22.6. The molecule has 0 aliphatic carbocycles. The molecule has 9 nitrogen and oxygen atoms in total. The Kier molecular flexibility index (Phi) is 8.69. The number of hydrogen-bond donors (Lipinski definition) is 0. The summed E-state index contributed by atoms with van der Waals surface area (Å²) in [6, 6.07) is 10.5. The zero-order valence-electron chi connectivity index (χ0n) is 26.7. The number of anilines is 1. The van der Waals surface area contributed by atoms with E-state index in [0.29, 0.717) is 43.3 Å². The van der Waals surface area contributed by atoms with E-state index in [0.717, 1.165) is 76.1 Å². The summed E-state index contributed by atoms with van der Waals surface area (Å²) >= 11 is 0. The van der Waals surface area contributed by atoms with Gasteiger partial charge in [0.05, 0.1) is 25.3 Å². The molecule has 0 radical (unpaired) electrons. The van der Waals surface area contributed by atoms with Crippen molar-refractivity contribution in [1.82, 2.24) is 24.6 Å². The fourth-order valence-corrected chi connectivity index (χ4v) is 7.85. The number of fused-ring (bicyclic) bond motifs is 1. The molecule has 250 valence electrons. The van der Waals surface area contributed by atoms with Crippen LogP contribution in [0.4, 0.5) is 18.9 Å². The molecule has 3 aromatic rings. The lowest BCUT2D eigenvalue weighted by Crippen LogP contribution is -2.49. The summed E-state index contributed by atoms with van der Waals surface area (Å²) in [7, 11) is 1.89. The minimum atomic E-state index is -4.58. The SMILES string of the molecule is Cn1cnnc1CC1(c2cccc(N3Cc4c(cc(CN5CCCC(CN6CCC(C=O)CC6)C5)cc4C(F)(F)F)C3=O)c2)COC1. The van der Waals surface area contributed by atoms with E-state index in [1.807, 2.05) is 29.8 Å². The highest BCUT2D eigenvalue weighted by atomic mass is 19.4. The van der Waals surface area contributed by atoms with Crippen molar-refractivity contribution in [3.05, 3.63) is 76.4 Å². The first-order valence-corrected chi connectivity index (χ1v) is 16.6. The normalized spacial score (nSPS) is 22.3. The molecule has 1 atom stereocenters. The van der Waals surface area contributed by atoms with E-state index in [4.69, 9.17) is 4.74 Å². The molecule has 47 heavy (non-hydrogen) atoms. The third-order valence-electron chi connectivity index (χ3n) is 10.6. The molecule has 4 aliphatic heterocycles. The zero-order chi connectivity index (χ0) is 32.8. The molecule has 1 amide bonds. The van der Waals surface area contributed by atoms with Crippen LogP contribution in [-0.4, -0.2) is 82.7 Å². The number of aryl methyl sites for hydroxylation is 1. The quantitative estimate of drug-likeness (QED) is 0.313. The highest BCUT2D eigenvalue weighted by molar-refractivity contribution is 6.10. The predicted molar refractivity (Wildman–Crippen MR) is 169 cm³/mol. The van der Waals surface area contributed by atoms with Crippen molar-refractivity contribution in [3.63, 3.8) is 0 Å². The Bertz CT molecular complexity index is 1630. The van der Waals surface area contributed by atoms with Gasteiger partial charge >= 0.3 is 6.18 Å². The second-order valence-corrected chi connectivity index (χ2v) is 13.9. The van der Waals surface area contributed by atoms with Crippen LogP contribution in [-0.2, 0) is 47.7 Å². The van der Waals surface area contributed by atoms with Gasteiger partial charge in [-0.2, -0.15) is 13.2 Å². The van der Waals surface area contributed by atoms with Crippen molar-refractivity contribution < 1.29 is 27.5 Å². The topological polar surface area (TPSA) is 83.8 Å². The van der Waals surface area contributed by atoms with Crippen molar-refractivity contribution >= 4 is 17.9 Å². The molecule has 7 rings (SSSR count). The number of ether oxygens (including phenoxy) is 1. The summed E-state index contributed by atoms with van der Waals surface area (Å²) in [6.45, 7) is 5.59. The minimum absolute atomic E-state index is 0.0349. The fraction of sp³-hybridized carbons (Fsp3) is 0.543.